The van der Waals surface area contributed by atoms with E-state index in [-0.39, 0.29) is 11.9 Å². The van der Waals surface area contributed by atoms with Gasteiger partial charge in [-0.3, -0.25) is 0 Å². The Balaban J connectivity index is 1.47. The maximum absolute atomic E-state index is 13.5. The lowest BCUT2D eigenvalue weighted by Gasteiger charge is -2.27. The second kappa shape index (κ2) is 8.74. The van der Waals surface area contributed by atoms with Gasteiger partial charge >= 0.3 is 0 Å². The highest BCUT2D eigenvalue weighted by Crippen LogP contribution is 2.36. The first-order valence-electron chi connectivity index (χ1n) is 7.87. The monoisotopic (exact) mass is 378 g/mol. The van der Waals surface area contributed by atoms with E-state index >= 15 is 0 Å². The quantitative estimate of drug-likeness (QED) is 0.449. The van der Waals surface area contributed by atoms with Crippen LogP contribution in [0.25, 0.3) is 0 Å². The molecule has 2 aromatic carbocycles. The molecule has 2 aromatic rings. The van der Waals surface area contributed by atoms with Crippen molar-refractivity contribution in [2.45, 2.75) is 22.3 Å². The molecule has 1 heterocycles. The predicted molar refractivity (Wildman–Crippen MR) is 105 cm³/mol. The summed E-state index contributed by atoms with van der Waals surface area (Å²) >= 11 is 8.96. The van der Waals surface area contributed by atoms with Gasteiger partial charge in [0.25, 0.3) is 0 Å². The van der Waals surface area contributed by atoms with E-state index in [0.29, 0.717) is 5.11 Å². The molecule has 0 radical (unpaired) electrons. The average molecular weight is 379 g/mol. The van der Waals surface area contributed by atoms with Gasteiger partial charge in [-0.1, -0.05) is 18.2 Å². The molecule has 1 atom stereocenters. The van der Waals surface area contributed by atoms with Crippen molar-refractivity contribution in [2.24, 2.45) is 0 Å². The van der Waals surface area contributed by atoms with Gasteiger partial charge in [0.1, 0.15) is 5.82 Å². The van der Waals surface area contributed by atoms with E-state index in [2.05, 4.69) is 22.8 Å². The van der Waals surface area contributed by atoms with Crippen LogP contribution in [0.1, 0.15) is 18.0 Å². The minimum atomic E-state index is -0.193. The van der Waals surface area contributed by atoms with Crippen LogP contribution in [0.2, 0.25) is 0 Å². The molecule has 0 amide bonds. The van der Waals surface area contributed by atoms with Gasteiger partial charge in [0.2, 0.25) is 0 Å². The molecule has 3 rings (SSSR count). The summed E-state index contributed by atoms with van der Waals surface area (Å²) in [6.45, 7) is 0.795. The zero-order valence-corrected chi connectivity index (χ0v) is 15.6. The van der Waals surface area contributed by atoms with Crippen LogP contribution in [-0.2, 0) is 0 Å². The SMILES string of the molecule is Fc1ccc2c(c1)[C@H](NC(=S)NCCSc1ccccc1)CCS2. The minimum Gasteiger partial charge on any atom is -0.362 e. The Labute approximate surface area is 156 Å². The van der Waals surface area contributed by atoms with Gasteiger partial charge in [-0.25, -0.2) is 4.39 Å². The van der Waals surface area contributed by atoms with Crippen molar-refractivity contribution in [1.29, 1.82) is 0 Å². The number of hydrogen-bond donors (Lipinski definition) is 2. The minimum absolute atomic E-state index is 0.0822. The largest absolute Gasteiger partial charge is 0.362 e. The zero-order valence-electron chi connectivity index (χ0n) is 13.1. The fourth-order valence-corrected chi connectivity index (χ4v) is 4.71. The molecule has 0 saturated carbocycles. The average Bonchev–Trinajstić information content (AvgIpc) is 2.60. The molecule has 126 valence electrons. The molecule has 0 aliphatic carbocycles. The molecule has 2 nitrogen and oxygen atoms in total. The summed E-state index contributed by atoms with van der Waals surface area (Å²) in [5.74, 6) is 1.77. The molecule has 0 bridgehead atoms. The molecule has 0 fully saturated rings. The lowest BCUT2D eigenvalue weighted by Crippen LogP contribution is -2.39. The summed E-state index contributed by atoms with van der Waals surface area (Å²) in [7, 11) is 0. The third-order valence-electron chi connectivity index (χ3n) is 3.72. The third kappa shape index (κ3) is 4.88. The first-order chi connectivity index (χ1) is 11.7. The van der Waals surface area contributed by atoms with E-state index in [0.717, 1.165) is 34.9 Å². The lowest BCUT2D eigenvalue weighted by molar-refractivity contribution is 0.582. The first-order valence-corrected chi connectivity index (χ1v) is 10.2. The molecule has 0 aromatic heterocycles. The lowest BCUT2D eigenvalue weighted by atomic mass is 10.0. The van der Waals surface area contributed by atoms with Crippen LogP contribution in [0.3, 0.4) is 0 Å². The van der Waals surface area contributed by atoms with Crippen LogP contribution in [0.4, 0.5) is 4.39 Å². The van der Waals surface area contributed by atoms with Crippen LogP contribution in [0.5, 0.6) is 0 Å². The number of nitrogens with one attached hydrogen (secondary N) is 2. The summed E-state index contributed by atoms with van der Waals surface area (Å²) in [5, 5.41) is 7.21. The van der Waals surface area contributed by atoms with Crippen molar-refractivity contribution in [1.82, 2.24) is 10.6 Å². The van der Waals surface area contributed by atoms with E-state index in [9.17, 15) is 4.39 Å². The molecule has 0 spiro atoms. The normalized spacial score (nSPS) is 16.3. The topological polar surface area (TPSA) is 24.1 Å². The molecule has 24 heavy (non-hydrogen) atoms. The second-order valence-corrected chi connectivity index (χ2v) is 8.15. The smallest absolute Gasteiger partial charge is 0.166 e. The number of hydrogen-bond acceptors (Lipinski definition) is 3. The highest BCUT2D eigenvalue weighted by molar-refractivity contribution is 7.99. The number of thiocarbonyl (C=S) groups is 1. The molecule has 6 heteroatoms. The van der Waals surface area contributed by atoms with E-state index in [4.69, 9.17) is 12.2 Å². The molecular weight excluding hydrogens is 359 g/mol. The Morgan fingerprint density at radius 1 is 1.25 bits per heavy atom. The van der Waals surface area contributed by atoms with Gasteiger partial charge in [-0.15, -0.1) is 23.5 Å². The highest BCUT2D eigenvalue weighted by atomic mass is 32.2. The van der Waals surface area contributed by atoms with Gasteiger partial charge in [0.15, 0.2) is 5.11 Å². The molecule has 1 aliphatic heterocycles. The van der Waals surface area contributed by atoms with Crippen molar-refractivity contribution in [3.05, 3.63) is 59.9 Å². The maximum atomic E-state index is 13.5. The second-order valence-electron chi connectivity index (χ2n) is 5.43. The summed E-state index contributed by atoms with van der Waals surface area (Å²) in [4.78, 5) is 2.40. The van der Waals surface area contributed by atoms with Crippen LogP contribution < -0.4 is 10.6 Å². The van der Waals surface area contributed by atoms with Crippen molar-refractivity contribution in [2.75, 3.05) is 18.1 Å². The van der Waals surface area contributed by atoms with Gasteiger partial charge < -0.3 is 10.6 Å². The van der Waals surface area contributed by atoms with E-state index in [1.807, 2.05) is 24.3 Å². The number of benzene rings is 2. The fourth-order valence-electron chi connectivity index (χ4n) is 2.57. The van der Waals surface area contributed by atoms with Crippen LogP contribution >= 0.6 is 35.7 Å². The first kappa shape index (κ1) is 17.6. The summed E-state index contributed by atoms with van der Waals surface area (Å²) in [6, 6.07) is 15.4. The molecule has 2 N–H and O–H groups in total. The van der Waals surface area contributed by atoms with Gasteiger partial charge in [0, 0.05) is 27.8 Å². The Kier molecular flexibility index (Phi) is 6.40. The highest BCUT2D eigenvalue weighted by Gasteiger charge is 2.21. The molecule has 0 unspecified atom stereocenters. The molecule has 0 saturated heterocycles. The Bertz CT molecular complexity index is 694. The van der Waals surface area contributed by atoms with Gasteiger partial charge in [-0.05, 0) is 54.5 Å². The van der Waals surface area contributed by atoms with Crippen LogP contribution in [0, 0.1) is 5.82 Å². The Hall–Kier alpha value is -1.24. The molecular formula is C18H19FN2S3. The number of fused-ring (bicyclic) bond motifs is 1. The van der Waals surface area contributed by atoms with Crippen molar-refractivity contribution in [3.63, 3.8) is 0 Å². The predicted octanol–water partition coefficient (Wildman–Crippen LogP) is 4.62. The van der Waals surface area contributed by atoms with Crippen LogP contribution in [0.15, 0.2) is 58.3 Å². The van der Waals surface area contributed by atoms with E-state index in [1.54, 1.807) is 29.6 Å². The summed E-state index contributed by atoms with van der Waals surface area (Å²) in [6.07, 6.45) is 0.946. The fraction of sp³-hybridized carbons (Fsp3) is 0.278. The summed E-state index contributed by atoms with van der Waals surface area (Å²) in [5.41, 5.74) is 1.01. The van der Waals surface area contributed by atoms with E-state index < -0.39 is 0 Å². The zero-order chi connectivity index (χ0) is 16.8. The van der Waals surface area contributed by atoms with Crippen LogP contribution in [-0.4, -0.2) is 23.2 Å². The van der Waals surface area contributed by atoms with Gasteiger partial charge in [0.05, 0.1) is 6.04 Å². The van der Waals surface area contributed by atoms with E-state index in [1.165, 1.54) is 11.0 Å². The summed E-state index contributed by atoms with van der Waals surface area (Å²) < 4.78 is 13.5. The number of rotatable bonds is 5. The number of halogens is 1. The Morgan fingerprint density at radius 3 is 2.92 bits per heavy atom. The standard InChI is InChI=1S/C18H19FN2S3/c19-13-6-7-17-15(12-13)16(8-10-24-17)21-18(22)20-9-11-23-14-4-2-1-3-5-14/h1-7,12,16H,8-11H2,(H2,20,21,22)/t16-/m1/s1. The van der Waals surface area contributed by atoms with Crippen molar-refractivity contribution in [3.8, 4) is 0 Å². The number of thioether (sulfide) groups is 2. The third-order valence-corrected chi connectivity index (χ3v) is 6.11. The van der Waals surface area contributed by atoms with Crippen molar-refractivity contribution < 1.29 is 4.39 Å². The van der Waals surface area contributed by atoms with Crippen molar-refractivity contribution >= 4 is 40.9 Å². The molecule has 1 aliphatic rings. The van der Waals surface area contributed by atoms with Gasteiger partial charge in [-0.2, -0.15) is 0 Å². The Morgan fingerprint density at radius 2 is 2.08 bits per heavy atom. The maximum Gasteiger partial charge on any atom is 0.166 e.